The molecule has 2 aliphatic heterocycles. The smallest absolute Gasteiger partial charge is 0.327 e. The first kappa shape index (κ1) is 23.0. The van der Waals surface area contributed by atoms with Gasteiger partial charge >= 0.3 is 5.91 Å². The Morgan fingerprint density at radius 1 is 1.06 bits per heavy atom. The van der Waals surface area contributed by atoms with Gasteiger partial charge < -0.3 is 4.74 Å². The molecular formula is C27H29N4O4+. The maximum Gasteiger partial charge on any atom is 0.327 e. The fourth-order valence-corrected chi connectivity index (χ4v) is 4.98. The van der Waals surface area contributed by atoms with Crippen LogP contribution in [0.5, 0.6) is 0 Å². The number of aromatic amines is 1. The van der Waals surface area contributed by atoms with Crippen molar-refractivity contribution in [3.63, 3.8) is 0 Å². The molecule has 5 rings (SSSR count). The number of imide groups is 1. The van der Waals surface area contributed by atoms with Gasteiger partial charge in [-0.1, -0.05) is 25.1 Å². The van der Waals surface area contributed by atoms with Crippen molar-refractivity contribution in [2.75, 3.05) is 13.2 Å². The maximum absolute atomic E-state index is 13.8. The van der Waals surface area contributed by atoms with E-state index in [1.807, 2.05) is 69.6 Å². The molecule has 1 fully saturated rings. The molecule has 2 amide bonds. The quantitative estimate of drug-likeness (QED) is 0.440. The highest BCUT2D eigenvalue weighted by atomic mass is 16.5. The lowest BCUT2D eigenvalue weighted by Crippen LogP contribution is -2.42. The SMILES string of the molecule is CCc1[nH]n(-c2ccccc2)c(=O)c1C1=C([n+]2cc(C)cc(C)c2)C(=O)N(C[C@@H]2CCCO2)C1=O. The molecule has 2 aliphatic rings. The lowest BCUT2D eigenvalue weighted by atomic mass is 10.0. The normalized spacial score (nSPS) is 18.3. The predicted octanol–water partition coefficient (Wildman–Crippen LogP) is 2.55. The highest BCUT2D eigenvalue weighted by molar-refractivity contribution is 6.44. The Kier molecular flexibility index (Phi) is 5.98. The van der Waals surface area contributed by atoms with Gasteiger partial charge in [0.15, 0.2) is 12.4 Å². The van der Waals surface area contributed by atoms with Crippen LogP contribution in [0.3, 0.4) is 0 Å². The third kappa shape index (κ3) is 4.04. The Morgan fingerprint density at radius 2 is 1.77 bits per heavy atom. The maximum atomic E-state index is 13.8. The summed E-state index contributed by atoms with van der Waals surface area (Å²) in [4.78, 5) is 42.6. The van der Waals surface area contributed by atoms with E-state index >= 15 is 0 Å². The molecule has 1 atom stereocenters. The van der Waals surface area contributed by atoms with Crippen LogP contribution in [0.15, 0.2) is 53.6 Å². The van der Waals surface area contributed by atoms with E-state index in [0.717, 1.165) is 24.0 Å². The van der Waals surface area contributed by atoms with Crippen molar-refractivity contribution in [3.05, 3.63) is 81.5 Å². The number of benzene rings is 1. The van der Waals surface area contributed by atoms with Crippen LogP contribution in [0.4, 0.5) is 0 Å². The van der Waals surface area contributed by atoms with Crippen molar-refractivity contribution < 1.29 is 18.9 Å². The largest absolute Gasteiger partial charge is 0.376 e. The van der Waals surface area contributed by atoms with Gasteiger partial charge in [-0.15, -0.1) is 0 Å². The summed E-state index contributed by atoms with van der Waals surface area (Å²) < 4.78 is 8.84. The fraction of sp³-hybridized carbons (Fsp3) is 0.333. The number of pyridine rings is 1. The average Bonchev–Trinajstić information content (AvgIpc) is 3.52. The van der Waals surface area contributed by atoms with Crippen molar-refractivity contribution in [1.82, 2.24) is 14.7 Å². The number of rotatable bonds is 6. The Bertz CT molecular complexity index is 1370. The molecule has 1 N–H and O–H groups in total. The molecule has 8 nitrogen and oxygen atoms in total. The van der Waals surface area contributed by atoms with E-state index in [9.17, 15) is 14.4 Å². The van der Waals surface area contributed by atoms with Crippen LogP contribution in [0, 0.1) is 13.8 Å². The molecule has 35 heavy (non-hydrogen) atoms. The minimum absolute atomic E-state index is 0.135. The molecule has 0 aliphatic carbocycles. The Labute approximate surface area is 203 Å². The monoisotopic (exact) mass is 473 g/mol. The molecule has 0 saturated carbocycles. The lowest BCUT2D eigenvalue weighted by molar-refractivity contribution is -0.577. The predicted molar refractivity (Wildman–Crippen MR) is 131 cm³/mol. The molecule has 0 spiro atoms. The van der Waals surface area contributed by atoms with E-state index in [0.29, 0.717) is 24.4 Å². The number of hydrogen-bond donors (Lipinski definition) is 1. The molecule has 4 heterocycles. The molecule has 180 valence electrons. The van der Waals surface area contributed by atoms with Crippen LogP contribution in [-0.2, 0) is 20.7 Å². The molecule has 1 aromatic carbocycles. The summed E-state index contributed by atoms with van der Waals surface area (Å²) in [5.41, 5.74) is 3.38. The van der Waals surface area contributed by atoms with E-state index in [1.165, 1.54) is 9.58 Å². The number of ether oxygens (including phenoxy) is 1. The Hall–Kier alpha value is -3.78. The van der Waals surface area contributed by atoms with Crippen molar-refractivity contribution >= 4 is 23.1 Å². The second-order valence-electron chi connectivity index (χ2n) is 9.17. The number of carbonyl (C=O) groups is 2. The summed E-state index contributed by atoms with van der Waals surface area (Å²) >= 11 is 0. The second kappa shape index (κ2) is 9.11. The van der Waals surface area contributed by atoms with Crippen LogP contribution in [0.25, 0.3) is 17.0 Å². The summed E-state index contributed by atoms with van der Waals surface area (Å²) in [6.07, 6.45) is 5.63. The molecule has 0 unspecified atom stereocenters. The highest BCUT2D eigenvalue weighted by Crippen LogP contribution is 2.31. The van der Waals surface area contributed by atoms with Gasteiger partial charge in [-0.05, 0) is 51.3 Å². The minimum Gasteiger partial charge on any atom is -0.376 e. The first-order chi connectivity index (χ1) is 16.9. The van der Waals surface area contributed by atoms with Gasteiger partial charge in [0.05, 0.1) is 23.9 Å². The number of aromatic nitrogens is 3. The van der Waals surface area contributed by atoms with E-state index in [1.54, 1.807) is 4.57 Å². The van der Waals surface area contributed by atoms with E-state index < -0.39 is 11.8 Å². The number of nitrogens with zero attached hydrogens (tertiary/aromatic N) is 3. The van der Waals surface area contributed by atoms with Gasteiger partial charge in [0.1, 0.15) is 5.57 Å². The van der Waals surface area contributed by atoms with Gasteiger partial charge in [0, 0.05) is 23.4 Å². The van der Waals surface area contributed by atoms with Gasteiger partial charge in [-0.2, -0.15) is 4.57 Å². The molecule has 0 radical (unpaired) electrons. The number of amides is 2. The van der Waals surface area contributed by atoms with Crippen LogP contribution >= 0.6 is 0 Å². The van der Waals surface area contributed by atoms with Gasteiger partial charge in [0.25, 0.3) is 17.2 Å². The van der Waals surface area contributed by atoms with Gasteiger partial charge in [-0.3, -0.25) is 24.4 Å². The van der Waals surface area contributed by atoms with E-state index in [4.69, 9.17) is 4.74 Å². The molecule has 8 heteroatoms. The van der Waals surface area contributed by atoms with Crippen molar-refractivity contribution in [2.24, 2.45) is 0 Å². The van der Waals surface area contributed by atoms with Gasteiger partial charge in [-0.25, -0.2) is 4.68 Å². The zero-order valence-electron chi connectivity index (χ0n) is 20.2. The number of aryl methyl sites for hydroxylation is 3. The summed E-state index contributed by atoms with van der Waals surface area (Å²) in [5, 5.41) is 3.17. The summed E-state index contributed by atoms with van der Waals surface area (Å²) in [7, 11) is 0. The number of nitrogens with one attached hydrogen (secondary N) is 1. The highest BCUT2D eigenvalue weighted by Gasteiger charge is 2.48. The standard InChI is InChI=1S/C27H28N4O4/c1-4-21-22(26(33)31(28-21)19-9-6-5-7-10-19)23-24(29-14-17(2)13-18(3)15-29)27(34)30(25(23)32)16-20-11-8-12-35-20/h5-7,9-10,13-15,20H,4,8,11-12,16H2,1-3H3/p+1/t20-/m0/s1. The first-order valence-electron chi connectivity index (χ1n) is 12.0. The minimum atomic E-state index is -0.460. The lowest BCUT2D eigenvalue weighted by Gasteiger charge is -2.18. The van der Waals surface area contributed by atoms with E-state index in [-0.39, 0.29) is 35.0 Å². The van der Waals surface area contributed by atoms with Crippen LogP contribution < -0.4 is 10.1 Å². The number of H-pyrrole nitrogens is 1. The average molecular weight is 474 g/mol. The Balaban J connectivity index is 1.72. The number of hydrogen-bond acceptors (Lipinski definition) is 4. The molecule has 2 aromatic heterocycles. The zero-order chi connectivity index (χ0) is 24.7. The molecule has 1 saturated heterocycles. The second-order valence-corrected chi connectivity index (χ2v) is 9.17. The first-order valence-corrected chi connectivity index (χ1v) is 12.0. The Morgan fingerprint density at radius 3 is 2.40 bits per heavy atom. The topological polar surface area (TPSA) is 88.3 Å². The van der Waals surface area contributed by atoms with Crippen molar-refractivity contribution in [1.29, 1.82) is 0 Å². The summed E-state index contributed by atoms with van der Waals surface area (Å²) in [6, 6.07) is 11.2. The zero-order valence-corrected chi connectivity index (χ0v) is 20.2. The van der Waals surface area contributed by atoms with Gasteiger partial charge in [0.2, 0.25) is 0 Å². The third-order valence-electron chi connectivity index (χ3n) is 6.54. The fourth-order valence-electron chi connectivity index (χ4n) is 4.98. The van der Waals surface area contributed by atoms with E-state index in [2.05, 4.69) is 5.10 Å². The van der Waals surface area contributed by atoms with Crippen LogP contribution in [0.1, 0.15) is 42.1 Å². The van der Waals surface area contributed by atoms with Crippen molar-refractivity contribution in [2.45, 2.75) is 46.1 Å². The van der Waals surface area contributed by atoms with Crippen LogP contribution in [0.2, 0.25) is 0 Å². The van der Waals surface area contributed by atoms with Crippen molar-refractivity contribution in [3.8, 4) is 5.69 Å². The van der Waals surface area contributed by atoms with Crippen LogP contribution in [-0.4, -0.2) is 45.8 Å². The molecular weight excluding hydrogens is 444 g/mol. The molecule has 3 aromatic rings. The third-order valence-corrected chi connectivity index (χ3v) is 6.54. The summed E-state index contributed by atoms with van der Waals surface area (Å²) in [6.45, 7) is 6.59. The molecule has 0 bridgehead atoms. The number of carbonyl (C=O) groups excluding carboxylic acids is 2. The number of para-hydroxylation sites is 1. The summed E-state index contributed by atoms with van der Waals surface area (Å²) in [5.74, 6) is -0.873.